The van der Waals surface area contributed by atoms with Crippen LogP contribution >= 0.6 is 31.9 Å². The second-order valence-corrected chi connectivity index (χ2v) is 7.24. The smallest absolute Gasteiger partial charge is 0.287 e. The molecule has 2 N–H and O–H groups in total. The molecule has 2 rings (SSSR count). The van der Waals surface area contributed by atoms with Gasteiger partial charge in [-0.3, -0.25) is 14.4 Å². The summed E-state index contributed by atoms with van der Waals surface area (Å²) < 4.78 is 6.44. The number of benzene rings is 1. The van der Waals surface area contributed by atoms with Gasteiger partial charge >= 0.3 is 0 Å². The van der Waals surface area contributed by atoms with E-state index in [1.54, 1.807) is 12.1 Å². The van der Waals surface area contributed by atoms with Crippen molar-refractivity contribution in [2.24, 2.45) is 0 Å². The van der Waals surface area contributed by atoms with Crippen LogP contribution in [-0.4, -0.2) is 42.8 Å². The lowest BCUT2D eigenvalue weighted by Gasteiger charge is -2.17. The first-order chi connectivity index (χ1) is 12.3. The number of nitrogens with zero attached hydrogens (tertiary/aromatic N) is 1. The maximum absolute atomic E-state index is 12.1. The fraction of sp³-hybridized carbons (Fsp3) is 0.235. The van der Waals surface area contributed by atoms with Gasteiger partial charge < -0.3 is 20.0 Å². The summed E-state index contributed by atoms with van der Waals surface area (Å²) in [6, 6.07) is 8.55. The molecule has 7 nitrogen and oxygen atoms in total. The Labute approximate surface area is 167 Å². The number of aryl methyl sites for hydroxylation is 1. The number of carbonyl (C=O) groups excluding carboxylic acids is 3. The number of furan rings is 1. The summed E-state index contributed by atoms with van der Waals surface area (Å²) in [7, 11) is 1.49. The van der Waals surface area contributed by atoms with Gasteiger partial charge in [0.05, 0.1) is 13.1 Å². The Hall–Kier alpha value is -2.13. The van der Waals surface area contributed by atoms with Gasteiger partial charge in [-0.25, -0.2) is 0 Å². The fourth-order valence-electron chi connectivity index (χ4n) is 2.07. The van der Waals surface area contributed by atoms with Gasteiger partial charge in [0.25, 0.3) is 5.91 Å². The molecule has 1 aromatic heterocycles. The molecule has 0 aliphatic carbocycles. The molecule has 1 heterocycles. The van der Waals surface area contributed by atoms with Crippen molar-refractivity contribution < 1.29 is 18.8 Å². The second kappa shape index (κ2) is 9.00. The minimum Gasteiger partial charge on any atom is -0.444 e. The zero-order valence-electron chi connectivity index (χ0n) is 14.1. The third-order valence-electron chi connectivity index (χ3n) is 3.47. The predicted octanol–water partition coefficient (Wildman–Crippen LogP) is 2.94. The van der Waals surface area contributed by atoms with Crippen LogP contribution in [0.3, 0.4) is 0 Å². The third-order valence-corrected chi connectivity index (χ3v) is 4.39. The van der Waals surface area contributed by atoms with Crippen LogP contribution in [0.2, 0.25) is 0 Å². The van der Waals surface area contributed by atoms with Crippen LogP contribution in [0, 0.1) is 6.92 Å². The van der Waals surface area contributed by atoms with Gasteiger partial charge in [-0.15, -0.1) is 0 Å². The minimum absolute atomic E-state index is 0.0933. The Morgan fingerprint density at radius 1 is 1.15 bits per heavy atom. The molecule has 0 saturated heterocycles. The maximum atomic E-state index is 12.1. The van der Waals surface area contributed by atoms with E-state index in [1.807, 2.05) is 19.1 Å². The summed E-state index contributed by atoms with van der Waals surface area (Å²) in [5.74, 6) is -1.14. The average molecular weight is 487 g/mol. The van der Waals surface area contributed by atoms with Crippen LogP contribution in [0.1, 0.15) is 16.1 Å². The second-order valence-electron chi connectivity index (χ2n) is 5.54. The molecule has 138 valence electrons. The van der Waals surface area contributed by atoms with E-state index in [1.165, 1.54) is 18.0 Å². The Morgan fingerprint density at radius 3 is 2.50 bits per heavy atom. The van der Waals surface area contributed by atoms with Crippen molar-refractivity contribution >= 4 is 55.3 Å². The number of hydrogen-bond acceptors (Lipinski definition) is 4. The SMILES string of the molecule is Cc1cc(Br)ccc1NC(=O)CN(C)C(=O)CNC(=O)c1ccc(Br)o1. The molecule has 2 aromatic rings. The molecule has 0 spiro atoms. The molecule has 0 fully saturated rings. The number of amides is 3. The van der Waals surface area contributed by atoms with Gasteiger partial charge in [-0.05, 0) is 58.7 Å². The van der Waals surface area contributed by atoms with Gasteiger partial charge in [-0.2, -0.15) is 0 Å². The molecule has 0 unspecified atom stereocenters. The summed E-state index contributed by atoms with van der Waals surface area (Å²) in [4.78, 5) is 37.2. The number of nitrogens with one attached hydrogen (secondary N) is 2. The highest BCUT2D eigenvalue weighted by Gasteiger charge is 2.16. The van der Waals surface area contributed by atoms with E-state index in [9.17, 15) is 14.4 Å². The van der Waals surface area contributed by atoms with Crippen LogP contribution in [0.25, 0.3) is 0 Å². The van der Waals surface area contributed by atoms with E-state index in [0.717, 1.165) is 10.0 Å². The predicted molar refractivity (Wildman–Crippen MR) is 104 cm³/mol. The van der Waals surface area contributed by atoms with Crippen LogP contribution in [0.5, 0.6) is 0 Å². The summed E-state index contributed by atoms with van der Waals surface area (Å²) in [5, 5.41) is 5.21. The van der Waals surface area contributed by atoms with Gasteiger partial charge in [0, 0.05) is 17.2 Å². The number of halogens is 2. The van der Waals surface area contributed by atoms with E-state index in [0.29, 0.717) is 10.4 Å². The van der Waals surface area contributed by atoms with Gasteiger partial charge in [0.1, 0.15) is 0 Å². The van der Waals surface area contributed by atoms with Gasteiger partial charge in [0.15, 0.2) is 10.4 Å². The van der Waals surface area contributed by atoms with Crippen molar-refractivity contribution in [3.8, 4) is 0 Å². The lowest BCUT2D eigenvalue weighted by molar-refractivity contribution is -0.132. The van der Waals surface area contributed by atoms with Gasteiger partial charge in [0.2, 0.25) is 11.8 Å². The van der Waals surface area contributed by atoms with E-state index in [-0.39, 0.29) is 24.8 Å². The number of hydrogen-bond donors (Lipinski definition) is 2. The Kier molecular flexibility index (Phi) is 6.98. The van der Waals surface area contributed by atoms with Gasteiger partial charge in [-0.1, -0.05) is 15.9 Å². The Bertz CT molecular complexity index is 835. The zero-order chi connectivity index (χ0) is 19.3. The quantitative estimate of drug-likeness (QED) is 0.656. The van der Waals surface area contributed by atoms with Crippen molar-refractivity contribution in [3.05, 3.63) is 50.8 Å². The lowest BCUT2D eigenvalue weighted by Crippen LogP contribution is -2.41. The van der Waals surface area contributed by atoms with Crippen molar-refractivity contribution in [2.75, 3.05) is 25.5 Å². The molecule has 0 bridgehead atoms. The van der Waals surface area contributed by atoms with E-state index in [2.05, 4.69) is 42.5 Å². The molecule has 0 radical (unpaired) electrons. The molecule has 3 amide bonds. The highest BCUT2D eigenvalue weighted by molar-refractivity contribution is 9.10. The third kappa shape index (κ3) is 5.70. The van der Waals surface area contributed by atoms with E-state index in [4.69, 9.17) is 4.42 Å². The number of likely N-dealkylation sites (N-methyl/N-ethyl adjacent to an activating group) is 1. The standard InChI is InChI=1S/C17H17Br2N3O4/c1-10-7-11(18)3-4-12(10)21-15(23)9-22(2)16(24)8-20-17(25)13-5-6-14(19)26-13/h3-7H,8-9H2,1-2H3,(H,20,25)(H,21,23). The van der Waals surface area contributed by atoms with Crippen LogP contribution in [0.15, 0.2) is 43.9 Å². The van der Waals surface area contributed by atoms with Crippen molar-refractivity contribution in [3.63, 3.8) is 0 Å². The monoisotopic (exact) mass is 485 g/mol. The molecular weight excluding hydrogens is 470 g/mol. The summed E-state index contributed by atoms with van der Waals surface area (Å²) in [6.07, 6.45) is 0. The molecule has 9 heteroatoms. The molecule has 1 aromatic carbocycles. The van der Waals surface area contributed by atoms with Crippen LogP contribution in [-0.2, 0) is 9.59 Å². The van der Waals surface area contributed by atoms with Crippen molar-refractivity contribution in [1.82, 2.24) is 10.2 Å². The topological polar surface area (TPSA) is 91.7 Å². The molecule has 0 aliphatic heterocycles. The maximum Gasteiger partial charge on any atom is 0.287 e. The first kappa shape index (κ1) is 20.2. The normalized spacial score (nSPS) is 10.3. The molecular formula is C17H17Br2N3O4. The molecule has 0 atom stereocenters. The molecule has 0 saturated carbocycles. The first-order valence-electron chi connectivity index (χ1n) is 7.60. The van der Waals surface area contributed by atoms with E-state index >= 15 is 0 Å². The zero-order valence-corrected chi connectivity index (χ0v) is 17.3. The summed E-state index contributed by atoms with van der Waals surface area (Å²) >= 11 is 6.46. The fourth-order valence-corrected chi connectivity index (χ4v) is 2.86. The minimum atomic E-state index is -0.507. The number of carbonyl (C=O) groups is 3. The number of anilines is 1. The highest BCUT2D eigenvalue weighted by atomic mass is 79.9. The average Bonchev–Trinajstić information content (AvgIpc) is 3.01. The van der Waals surface area contributed by atoms with E-state index < -0.39 is 11.8 Å². The van der Waals surface area contributed by atoms with Crippen LogP contribution in [0.4, 0.5) is 5.69 Å². The molecule has 0 aliphatic rings. The number of rotatable bonds is 6. The Morgan fingerprint density at radius 2 is 1.88 bits per heavy atom. The molecule has 26 heavy (non-hydrogen) atoms. The van der Waals surface area contributed by atoms with Crippen molar-refractivity contribution in [2.45, 2.75) is 6.92 Å². The first-order valence-corrected chi connectivity index (χ1v) is 9.18. The van der Waals surface area contributed by atoms with Crippen molar-refractivity contribution in [1.29, 1.82) is 0 Å². The Balaban J connectivity index is 1.82. The van der Waals surface area contributed by atoms with Crippen LogP contribution < -0.4 is 10.6 Å². The lowest BCUT2D eigenvalue weighted by atomic mass is 10.2. The highest BCUT2D eigenvalue weighted by Crippen LogP contribution is 2.20. The summed E-state index contributed by atoms with van der Waals surface area (Å²) in [5.41, 5.74) is 1.58. The largest absolute Gasteiger partial charge is 0.444 e. The summed E-state index contributed by atoms with van der Waals surface area (Å²) in [6.45, 7) is 1.51.